The molecule has 0 saturated carbocycles. The second-order valence-corrected chi connectivity index (χ2v) is 8.78. The Labute approximate surface area is 190 Å². The van der Waals surface area contributed by atoms with Crippen molar-refractivity contribution >= 4 is 40.2 Å². The minimum atomic E-state index is -0.895. The molecule has 3 N–H and O–H groups in total. The number of aryl methyl sites for hydroxylation is 1. The van der Waals surface area contributed by atoms with Crippen molar-refractivity contribution in [1.29, 1.82) is 0 Å². The Morgan fingerprint density at radius 1 is 1.28 bits per heavy atom. The Morgan fingerprint density at radius 3 is 2.66 bits per heavy atom. The van der Waals surface area contributed by atoms with Gasteiger partial charge in [0.2, 0.25) is 5.91 Å². The highest BCUT2D eigenvalue weighted by molar-refractivity contribution is 7.13. The number of carbonyl (C=O) groups is 3. The summed E-state index contributed by atoms with van der Waals surface area (Å²) < 4.78 is 5.60. The molecule has 2 aromatic rings. The number of aromatic nitrogens is 2. The van der Waals surface area contributed by atoms with Crippen LogP contribution in [0, 0.1) is 12.8 Å². The fraction of sp³-hybridized carbons (Fsp3) is 0.476. The van der Waals surface area contributed by atoms with Gasteiger partial charge in [0.15, 0.2) is 11.4 Å². The molecule has 3 atom stereocenters. The van der Waals surface area contributed by atoms with Gasteiger partial charge in [0.25, 0.3) is 5.91 Å². The molecule has 32 heavy (non-hydrogen) atoms. The van der Waals surface area contributed by atoms with Crippen molar-refractivity contribution in [2.45, 2.75) is 52.4 Å². The van der Waals surface area contributed by atoms with Crippen LogP contribution in [-0.2, 0) is 20.7 Å². The molecule has 1 aliphatic heterocycles. The van der Waals surface area contributed by atoms with Gasteiger partial charge >= 0.3 is 6.09 Å². The smallest absolute Gasteiger partial charge is 0.415 e. The number of nitrogens with zero attached hydrogens (tertiary/aromatic N) is 3. The van der Waals surface area contributed by atoms with Gasteiger partial charge in [0.1, 0.15) is 11.9 Å². The van der Waals surface area contributed by atoms with Crippen molar-refractivity contribution < 1.29 is 19.1 Å². The Morgan fingerprint density at radius 2 is 2.03 bits per heavy atom. The van der Waals surface area contributed by atoms with Gasteiger partial charge in [-0.1, -0.05) is 19.9 Å². The Hall–Kier alpha value is -3.05. The van der Waals surface area contributed by atoms with Gasteiger partial charge in [-0.3, -0.25) is 19.8 Å². The second kappa shape index (κ2) is 10.0. The molecule has 11 heteroatoms. The molecule has 3 rings (SSSR count). The zero-order valence-corrected chi connectivity index (χ0v) is 19.5. The molecule has 0 bridgehead atoms. The standard InChI is InChI=1S/C21H28N6O4S/c1-11(2)16(25-18(28)13(4)22-5)19(29)27-15(9-14-7-6-8-23-17(14)27)31-21(30)26-20-24-12(3)10-32-20/h6-8,10-11,13,15-16,22H,9H2,1-5H3,(H,25,28)(H,24,26,30)/t13-,15-,16-/m0/s1. The first-order chi connectivity index (χ1) is 15.2. The maximum atomic E-state index is 13.6. The van der Waals surface area contributed by atoms with Crippen LogP contribution in [0.4, 0.5) is 15.7 Å². The summed E-state index contributed by atoms with van der Waals surface area (Å²) in [5.74, 6) is -0.468. The van der Waals surface area contributed by atoms with E-state index in [4.69, 9.17) is 4.74 Å². The molecule has 172 valence electrons. The average Bonchev–Trinajstić information content (AvgIpc) is 3.32. The topological polar surface area (TPSA) is 126 Å². The first-order valence-corrected chi connectivity index (χ1v) is 11.2. The predicted octanol–water partition coefficient (Wildman–Crippen LogP) is 2.06. The minimum absolute atomic E-state index is 0.198. The van der Waals surface area contributed by atoms with Crippen LogP contribution < -0.4 is 20.9 Å². The largest absolute Gasteiger partial charge is 0.424 e. The maximum Gasteiger partial charge on any atom is 0.415 e. The predicted molar refractivity (Wildman–Crippen MR) is 121 cm³/mol. The summed E-state index contributed by atoms with van der Waals surface area (Å²) in [4.78, 5) is 48.4. The van der Waals surface area contributed by atoms with Crippen molar-refractivity contribution in [3.05, 3.63) is 35.0 Å². The number of hydrogen-bond donors (Lipinski definition) is 3. The van der Waals surface area contributed by atoms with Gasteiger partial charge in [0.05, 0.1) is 11.7 Å². The summed E-state index contributed by atoms with van der Waals surface area (Å²) in [6.45, 7) is 7.22. The molecular weight excluding hydrogens is 432 g/mol. The lowest BCUT2D eigenvalue weighted by atomic mass is 10.0. The molecule has 3 heterocycles. The van der Waals surface area contributed by atoms with Crippen LogP contribution in [0.25, 0.3) is 0 Å². The zero-order chi connectivity index (χ0) is 23.4. The van der Waals surface area contributed by atoms with Crippen LogP contribution in [0.1, 0.15) is 32.0 Å². The number of carbonyl (C=O) groups excluding carboxylic acids is 3. The molecule has 3 amide bonds. The highest BCUT2D eigenvalue weighted by atomic mass is 32.1. The molecule has 0 radical (unpaired) electrons. The molecule has 0 spiro atoms. The monoisotopic (exact) mass is 460 g/mol. The third-order valence-corrected chi connectivity index (χ3v) is 6.02. The fourth-order valence-electron chi connectivity index (χ4n) is 3.29. The SMILES string of the molecule is CN[C@@H](C)C(=O)N[C@H](C(=O)N1c2ncccc2C[C@@H]1OC(=O)Nc1nc(C)cs1)C(C)C. The minimum Gasteiger partial charge on any atom is -0.424 e. The number of nitrogens with one attached hydrogen (secondary N) is 3. The first-order valence-electron chi connectivity index (χ1n) is 10.4. The van der Waals surface area contributed by atoms with Crippen molar-refractivity contribution in [1.82, 2.24) is 20.6 Å². The van der Waals surface area contributed by atoms with Gasteiger partial charge in [-0.25, -0.2) is 14.8 Å². The zero-order valence-electron chi connectivity index (χ0n) is 18.7. The van der Waals surface area contributed by atoms with Crippen LogP contribution in [-0.4, -0.2) is 53.2 Å². The van der Waals surface area contributed by atoms with Crippen LogP contribution in [0.2, 0.25) is 0 Å². The fourth-order valence-corrected chi connectivity index (χ4v) is 3.96. The molecule has 0 aromatic carbocycles. The molecule has 0 aliphatic carbocycles. The summed E-state index contributed by atoms with van der Waals surface area (Å²) in [5.41, 5.74) is 1.56. The first kappa shape index (κ1) is 23.6. The van der Waals surface area contributed by atoms with E-state index in [1.165, 1.54) is 16.2 Å². The van der Waals surface area contributed by atoms with Gasteiger partial charge in [-0.15, -0.1) is 11.3 Å². The normalized spacial score (nSPS) is 16.9. The number of ether oxygens (including phenoxy) is 1. The number of fused-ring (bicyclic) bond motifs is 1. The summed E-state index contributed by atoms with van der Waals surface area (Å²) in [6.07, 6.45) is 0.258. The van der Waals surface area contributed by atoms with E-state index in [1.54, 1.807) is 26.2 Å². The summed E-state index contributed by atoms with van der Waals surface area (Å²) >= 11 is 1.28. The van der Waals surface area contributed by atoms with Crippen molar-refractivity contribution in [2.24, 2.45) is 5.92 Å². The van der Waals surface area contributed by atoms with Gasteiger partial charge in [0, 0.05) is 23.6 Å². The van der Waals surface area contributed by atoms with Crippen molar-refractivity contribution in [2.75, 3.05) is 17.3 Å². The van der Waals surface area contributed by atoms with Gasteiger partial charge in [-0.2, -0.15) is 0 Å². The highest BCUT2D eigenvalue weighted by Gasteiger charge is 2.41. The summed E-state index contributed by atoms with van der Waals surface area (Å²) in [5, 5.41) is 10.5. The third kappa shape index (κ3) is 5.22. The van der Waals surface area contributed by atoms with E-state index < -0.39 is 30.3 Å². The lowest BCUT2D eigenvalue weighted by Crippen LogP contribution is -2.56. The van der Waals surface area contributed by atoms with Crippen LogP contribution in [0.5, 0.6) is 0 Å². The van der Waals surface area contributed by atoms with E-state index in [2.05, 4.69) is 25.9 Å². The third-order valence-electron chi connectivity index (χ3n) is 5.14. The quantitative estimate of drug-likeness (QED) is 0.577. The number of amides is 3. The van der Waals surface area contributed by atoms with Crippen LogP contribution in [0.3, 0.4) is 0 Å². The van der Waals surface area contributed by atoms with Crippen LogP contribution >= 0.6 is 11.3 Å². The van der Waals surface area contributed by atoms with E-state index in [-0.39, 0.29) is 11.8 Å². The van der Waals surface area contributed by atoms with E-state index in [1.807, 2.05) is 32.2 Å². The van der Waals surface area contributed by atoms with E-state index >= 15 is 0 Å². The molecule has 0 fully saturated rings. The van der Waals surface area contributed by atoms with Crippen molar-refractivity contribution in [3.8, 4) is 0 Å². The lowest BCUT2D eigenvalue weighted by molar-refractivity contribution is -0.130. The van der Waals surface area contributed by atoms with Crippen molar-refractivity contribution in [3.63, 3.8) is 0 Å². The van der Waals surface area contributed by atoms with Gasteiger partial charge in [-0.05, 0) is 32.9 Å². The number of thiazole rings is 1. The van der Waals surface area contributed by atoms with Gasteiger partial charge < -0.3 is 15.4 Å². The lowest BCUT2D eigenvalue weighted by Gasteiger charge is -2.31. The highest BCUT2D eigenvalue weighted by Crippen LogP contribution is 2.32. The van der Waals surface area contributed by atoms with E-state index in [0.717, 1.165) is 11.3 Å². The number of likely N-dealkylation sites (N-methyl/N-ethyl adjacent to an activating group) is 1. The summed E-state index contributed by atoms with van der Waals surface area (Å²) in [6, 6.07) is 2.31. The number of pyridine rings is 1. The Kier molecular flexibility index (Phi) is 7.41. The van der Waals surface area contributed by atoms with E-state index in [9.17, 15) is 14.4 Å². The Bertz CT molecular complexity index is 994. The average molecular weight is 461 g/mol. The molecule has 0 saturated heterocycles. The summed E-state index contributed by atoms with van der Waals surface area (Å²) in [7, 11) is 1.67. The maximum absolute atomic E-state index is 13.6. The van der Waals surface area contributed by atoms with Crippen LogP contribution in [0.15, 0.2) is 23.7 Å². The second-order valence-electron chi connectivity index (χ2n) is 7.92. The molecule has 0 unspecified atom stereocenters. The number of hydrogen-bond acceptors (Lipinski definition) is 8. The molecular formula is C21H28N6O4S. The molecule has 2 aromatic heterocycles. The number of rotatable bonds is 7. The van der Waals surface area contributed by atoms with E-state index in [0.29, 0.717) is 17.4 Å². The molecule has 10 nitrogen and oxygen atoms in total. The molecule has 1 aliphatic rings. The number of anilines is 2. The Balaban J connectivity index is 1.82.